The largest absolute Gasteiger partial charge is 0.350 e. The summed E-state index contributed by atoms with van der Waals surface area (Å²) in [5.74, 6) is 0.617. The summed E-state index contributed by atoms with van der Waals surface area (Å²) in [7, 11) is 0. The van der Waals surface area contributed by atoms with Gasteiger partial charge in [0.15, 0.2) is 5.82 Å². The predicted octanol–water partition coefficient (Wildman–Crippen LogP) is 3.74. The fraction of sp³-hybridized carbons (Fsp3) is 0.458. The summed E-state index contributed by atoms with van der Waals surface area (Å²) < 4.78 is 0. The number of H-pyrrole nitrogens is 1. The van der Waals surface area contributed by atoms with Gasteiger partial charge in [0, 0.05) is 13.1 Å². The third kappa shape index (κ3) is 5.13. The molecule has 2 N–H and O–H groups in total. The molecule has 0 saturated carbocycles. The molecule has 1 aromatic carbocycles. The molecule has 1 aliphatic rings. The number of carbonyl (C=O) groups excluding carboxylic acids is 2. The Labute approximate surface area is 197 Å². The normalized spacial score (nSPS) is 16.7. The number of rotatable bonds is 8. The number of thiazole rings is 1. The van der Waals surface area contributed by atoms with Gasteiger partial charge in [0.2, 0.25) is 11.8 Å². The van der Waals surface area contributed by atoms with Crippen LogP contribution < -0.4 is 5.32 Å². The minimum absolute atomic E-state index is 0.0576. The number of aryl methyl sites for hydroxylation is 2. The molecule has 3 aromatic rings. The van der Waals surface area contributed by atoms with E-state index in [1.165, 1.54) is 0 Å². The minimum Gasteiger partial charge on any atom is -0.350 e. The molecular weight excluding hydrogens is 436 g/mol. The maximum Gasteiger partial charge on any atom is 0.243 e. The third-order valence-electron chi connectivity index (χ3n) is 6.07. The van der Waals surface area contributed by atoms with Crippen molar-refractivity contribution in [2.24, 2.45) is 0 Å². The molecule has 3 heterocycles. The van der Waals surface area contributed by atoms with Gasteiger partial charge in [-0.3, -0.25) is 14.7 Å². The van der Waals surface area contributed by atoms with E-state index >= 15 is 0 Å². The Morgan fingerprint density at radius 2 is 2.06 bits per heavy atom. The molecule has 0 unspecified atom stereocenters. The number of aromatic nitrogens is 4. The van der Waals surface area contributed by atoms with E-state index in [0.29, 0.717) is 37.6 Å². The van der Waals surface area contributed by atoms with Gasteiger partial charge in [-0.2, -0.15) is 5.10 Å². The highest BCUT2D eigenvalue weighted by Crippen LogP contribution is 2.28. The van der Waals surface area contributed by atoms with Crippen LogP contribution >= 0.6 is 11.3 Å². The van der Waals surface area contributed by atoms with Crippen LogP contribution in [0.15, 0.2) is 29.8 Å². The second-order valence-electron chi connectivity index (χ2n) is 8.49. The summed E-state index contributed by atoms with van der Waals surface area (Å²) in [4.78, 5) is 37.9. The number of benzene rings is 1. The quantitative estimate of drug-likeness (QED) is 0.526. The molecule has 8 nitrogen and oxygen atoms in total. The van der Waals surface area contributed by atoms with E-state index in [4.69, 9.17) is 0 Å². The van der Waals surface area contributed by atoms with E-state index < -0.39 is 12.0 Å². The average Bonchev–Trinajstić information content (AvgIpc) is 3.57. The van der Waals surface area contributed by atoms with Crippen molar-refractivity contribution in [1.29, 1.82) is 0 Å². The van der Waals surface area contributed by atoms with Crippen LogP contribution in [-0.2, 0) is 16.1 Å². The van der Waals surface area contributed by atoms with Crippen molar-refractivity contribution in [3.63, 3.8) is 0 Å². The van der Waals surface area contributed by atoms with Crippen LogP contribution in [0.25, 0.3) is 10.4 Å². The highest BCUT2D eigenvalue weighted by molar-refractivity contribution is 7.13. The molecule has 2 amide bonds. The van der Waals surface area contributed by atoms with E-state index in [9.17, 15) is 9.59 Å². The molecular formula is C24H30N6O2S. The monoisotopic (exact) mass is 466 g/mol. The molecule has 4 rings (SSSR count). The SMILES string of the molecule is CCC[C@@H](C(=O)N1CCC[C@H]1C(=O)NCc1ccc(-c2scnc2C)cc1)c1n[nH]c(C)n1. The Hall–Kier alpha value is -3.07. The van der Waals surface area contributed by atoms with Gasteiger partial charge in [0.1, 0.15) is 11.9 Å². The van der Waals surface area contributed by atoms with Gasteiger partial charge < -0.3 is 10.2 Å². The van der Waals surface area contributed by atoms with Crippen molar-refractivity contribution >= 4 is 23.2 Å². The van der Waals surface area contributed by atoms with Gasteiger partial charge in [-0.1, -0.05) is 37.6 Å². The van der Waals surface area contributed by atoms with Crippen LogP contribution in [0.5, 0.6) is 0 Å². The summed E-state index contributed by atoms with van der Waals surface area (Å²) in [6.07, 6.45) is 2.99. The molecule has 0 bridgehead atoms. The maximum atomic E-state index is 13.4. The van der Waals surface area contributed by atoms with Gasteiger partial charge in [0.25, 0.3) is 0 Å². The fourth-order valence-electron chi connectivity index (χ4n) is 4.33. The molecule has 174 valence electrons. The Bertz CT molecular complexity index is 1110. The van der Waals surface area contributed by atoms with Gasteiger partial charge >= 0.3 is 0 Å². The lowest BCUT2D eigenvalue weighted by Crippen LogP contribution is -2.47. The number of hydrogen-bond acceptors (Lipinski definition) is 6. The summed E-state index contributed by atoms with van der Waals surface area (Å²) in [6, 6.07) is 7.71. The highest BCUT2D eigenvalue weighted by Gasteiger charge is 2.38. The van der Waals surface area contributed by atoms with Gasteiger partial charge in [0.05, 0.1) is 22.0 Å². The summed E-state index contributed by atoms with van der Waals surface area (Å²) in [5, 5.41) is 10.1. The number of likely N-dealkylation sites (tertiary alicyclic amines) is 1. The van der Waals surface area contributed by atoms with E-state index in [2.05, 4.69) is 37.6 Å². The molecule has 1 saturated heterocycles. The van der Waals surface area contributed by atoms with Gasteiger partial charge in [-0.15, -0.1) is 11.3 Å². The number of amides is 2. The molecule has 0 spiro atoms. The van der Waals surface area contributed by atoms with Crippen LogP contribution in [0, 0.1) is 13.8 Å². The lowest BCUT2D eigenvalue weighted by molar-refractivity contribution is -0.140. The van der Waals surface area contributed by atoms with Crippen molar-refractivity contribution in [3.8, 4) is 10.4 Å². The first-order valence-electron chi connectivity index (χ1n) is 11.4. The van der Waals surface area contributed by atoms with Crippen LogP contribution in [0.1, 0.15) is 61.4 Å². The number of aromatic amines is 1. The summed E-state index contributed by atoms with van der Waals surface area (Å²) in [5.41, 5.74) is 5.02. The van der Waals surface area contributed by atoms with Crippen molar-refractivity contribution in [2.45, 2.75) is 65.0 Å². The smallest absolute Gasteiger partial charge is 0.243 e. The van der Waals surface area contributed by atoms with E-state index in [1.54, 1.807) is 16.2 Å². The lowest BCUT2D eigenvalue weighted by Gasteiger charge is -2.27. The maximum absolute atomic E-state index is 13.4. The highest BCUT2D eigenvalue weighted by atomic mass is 32.1. The summed E-state index contributed by atoms with van der Waals surface area (Å²) in [6.45, 7) is 6.88. The fourth-order valence-corrected chi connectivity index (χ4v) is 5.14. The average molecular weight is 467 g/mol. The van der Waals surface area contributed by atoms with Gasteiger partial charge in [-0.25, -0.2) is 9.97 Å². The molecule has 33 heavy (non-hydrogen) atoms. The topological polar surface area (TPSA) is 104 Å². The molecule has 0 aliphatic carbocycles. The van der Waals surface area contributed by atoms with E-state index in [1.807, 2.05) is 38.4 Å². The molecule has 1 aliphatic heterocycles. The van der Waals surface area contributed by atoms with E-state index in [0.717, 1.165) is 34.5 Å². The third-order valence-corrected chi connectivity index (χ3v) is 7.05. The number of nitrogens with one attached hydrogen (secondary N) is 2. The standard InChI is InChI=1S/C24H30N6O2S/c1-4-6-19(22-27-16(3)28-29-22)24(32)30-12-5-7-20(30)23(31)25-13-17-8-10-18(11-9-17)21-15(2)26-14-33-21/h8-11,14,19-20H,4-7,12-13H2,1-3H3,(H,25,31)(H,27,28,29)/t19-,20+/m1/s1. The molecule has 1 fully saturated rings. The number of hydrogen-bond donors (Lipinski definition) is 2. The minimum atomic E-state index is -0.448. The number of carbonyl (C=O) groups is 2. The first kappa shape index (κ1) is 23.1. The van der Waals surface area contributed by atoms with Crippen LogP contribution in [-0.4, -0.2) is 49.5 Å². The predicted molar refractivity (Wildman–Crippen MR) is 128 cm³/mol. The molecule has 2 aromatic heterocycles. The Morgan fingerprint density at radius 3 is 2.70 bits per heavy atom. The van der Waals surface area contributed by atoms with E-state index in [-0.39, 0.29) is 11.8 Å². The zero-order valence-electron chi connectivity index (χ0n) is 19.3. The molecule has 0 radical (unpaired) electrons. The van der Waals surface area contributed by atoms with Crippen molar-refractivity contribution < 1.29 is 9.59 Å². The lowest BCUT2D eigenvalue weighted by atomic mass is 10.0. The summed E-state index contributed by atoms with van der Waals surface area (Å²) >= 11 is 1.62. The van der Waals surface area contributed by atoms with Crippen LogP contribution in [0.4, 0.5) is 0 Å². The zero-order chi connectivity index (χ0) is 23.4. The van der Waals surface area contributed by atoms with Crippen molar-refractivity contribution in [1.82, 2.24) is 30.4 Å². The van der Waals surface area contributed by atoms with Crippen molar-refractivity contribution in [3.05, 3.63) is 52.7 Å². The Balaban J connectivity index is 1.39. The first-order valence-corrected chi connectivity index (χ1v) is 12.3. The second kappa shape index (κ2) is 10.2. The van der Waals surface area contributed by atoms with Crippen LogP contribution in [0.3, 0.4) is 0 Å². The number of nitrogens with zero attached hydrogens (tertiary/aromatic N) is 4. The zero-order valence-corrected chi connectivity index (χ0v) is 20.1. The second-order valence-corrected chi connectivity index (χ2v) is 9.35. The Kier molecular flexibility index (Phi) is 7.17. The Morgan fingerprint density at radius 1 is 1.27 bits per heavy atom. The molecule has 9 heteroatoms. The molecule has 2 atom stereocenters. The van der Waals surface area contributed by atoms with Gasteiger partial charge in [-0.05, 0) is 44.2 Å². The van der Waals surface area contributed by atoms with Crippen molar-refractivity contribution in [2.75, 3.05) is 6.54 Å². The first-order chi connectivity index (χ1) is 16.0. The van der Waals surface area contributed by atoms with Crippen LogP contribution in [0.2, 0.25) is 0 Å².